The van der Waals surface area contributed by atoms with Crippen LogP contribution < -0.4 is 5.32 Å². The Balaban J connectivity index is 1.73. The van der Waals surface area contributed by atoms with Crippen LogP contribution in [0, 0.1) is 5.82 Å². The molecule has 0 radical (unpaired) electrons. The Labute approximate surface area is 147 Å². The third-order valence-electron chi connectivity index (χ3n) is 3.53. The lowest BCUT2D eigenvalue weighted by Crippen LogP contribution is -2.14. The highest BCUT2D eigenvalue weighted by molar-refractivity contribution is 9.10. The molecule has 0 aliphatic carbocycles. The summed E-state index contributed by atoms with van der Waals surface area (Å²) in [5.74, 6) is 0.342. The van der Waals surface area contributed by atoms with Crippen molar-refractivity contribution in [2.75, 3.05) is 5.32 Å². The number of hydrogen-bond donors (Lipinski definition) is 1. The Hall–Kier alpha value is -2.21. The maximum atomic E-state index is 13.2. The van der Waals surface area contributed by atoms with E-state index in [1.165, 1.54) is 6.07 Å². The number of rotatable bonds is 4. The second kappa shape index (κ2) is 6.73. The van der Waals surface area contributed by atoms with Gasteiger partial charge in [-0.2, -0.15) is 0 Å². The lowest BCUT2D eigenvalue weighted by molar-refractivity contribution is -0.115. The van der Waals surface area contributed by atoms with Gasteiger partial charge in [0.2, 0.25) is 5.91 Å². The highest BCUT2D eigenvalue weighted by Gasteiger charge is 2.11. The molecule has 0 fully saturated rings. The number of carbonyl (C=O) groups excluding carboxylic acids is 1. The summed E-state index contributed by atoms with van der Waals surface area (Å²) < 4.78 is 19.2. The number of hydrogen-bond acceptors (Lipinski definition) is 3. The van der Waals surface area contributed by atoms with Gasteiger partial charge in [0.25, 0.3) is 0 Å². The van der Waals surface area contributed by atoms with E-state index in [1.54, 1.807) is 30.3 Å². The Morgan fingerprint density at radius 3 is 2.79 bits per heavy atom. The number of amides is 1. The van der Waals surface area contributed by atoms with E-state index in [9.17, 15) is 9.18 Å². The standard InChI is InChI=1S/C18H16BrFN2O2/c1-10(2)18-22-15-9-12(4-6-16(15)24-18)21-17(23)8-11-3-5-14(20)13(19)7-11/h3-7,9-10H,8H2,1-2H3,(H,21,23). The number of aromatic nitrogens is 1. The Bertz CT molecular complexity index is 905. The number of nitrogens with zero attached hydrogens (tertiary/aromatic N) is 1. The summed E-state index contributed by atoms with van der Waals surface area (Å²) in [6.07, 6.45) is 0.160. The molecule has 0 atom stereocenters. The Morgan fingerprint density at radius 1 is 1.29 bits per heavy atom. The highest BCUT2D eigenvalue weighted by Crippen LogP contribution is 2.24. The second-order valence-electron chi connectivity index (χ2n) is 5.86. The van der Waals surface area contributed by atoms with Crippen molar-refractivity contribution in [3.63, 3.8) is 0 Å². The van der Waals surface area contributed by atoms with Crippen LogP contribution >= 0.6 is 15.9 Å². The quantitative estimate of drug-likeness (QED) is 0.679. The number of nitrogens with one attached hydrogen (secondary N) is 1. The SMILES string of the molecule is CC(C)c1nc2cc(NC(=O)Cc3ccc(F)c(Br)c3)ccc2o1. The predicted octanol–water partition coefficient (Wildman–Crippen LogP) is 5.03. The molecule has 24 heavy (non-hydrogen) atoms. The van der Waals surface area contributed by atoms with Crippen LogP contribution in [-0.2, 0) is 11.2 Å². The summed E-state index contributed by atoms with van der Waals surface area (Å²) in [6.45, 7) is 4.02. The van der Waals surface area contributed by atoms with Gasteiger partial charge in [0.05, 0.1) is 10.9 Å². The van der Waals surface area contributed by atoms with Crippen molar-refractivity contribution in [2.24, 2.45) is 0 Å². The van der Waals surface area contributed by atoms with Gasteiger partial charge in [0, 0.05) is 11.6 Å². The number of carbonyl (C=O) groups is 1. The molecule has 4 nitrogen and oxygen atoms in total. The molecular formula is C18H16BrFN2O2. The summed E-state index contributed by atoms with van der Waals surface area (Å²) in [6, 6.07) is 9.87. The third kappa shape index (κ3) is 3.64. The van der Waals surface area contributed by atoms with Gasteiger partial charge in [-0.1, -0.05) is 19.9 Å². The average Bonchev–Trinajstić information content (AvgIpc) is 2.94. The Morgan fingerprint density at radius 2 is 2.08 bits per heavy atom. The van der Waals surface area contributed by atoms with E-state index in [4.69, 9.17) is 4.42 Å². The van der Waals surface area contributed by atoms with Crippen LogP contribution in [0.15, 0.2) is 45.3 Å². The number of oxazole rings is 1. The molecule has 0 saturated carbocycles. The molecule has 0 aliphatic heterocycles. The van der Waals surface area contributed by atoms with E-state index < -0.39 is 0 Å². The monoisotopic (exact) mass is 390 g/mol. The van der Waals surface area contributed by atoms with Gasteiger partial charge in [-0.05, 0) is 51.8 Å². The van der Waals surface area contributed by atoms with Crippen LogP contribution in [-0.4, -0.2) is 10.9 Å². The molecule has 1 heterocycles. The molecule has 3 aromatic rings. The van der Waals surface area contributed by atoms with Crippen molar-refractivity contribution >= 4 is 38.6 Å². The minimum atomic E-state index is -0.350. The second-order valence-corrected chi connectivity index (χ2v) is 6.72. The summed E-state index contributed by atoms with van der Waals surface area (Å²) in [4.78, 5) is 16.6. The molecule has 0 spiro atoms. The molecule has 3 rings (SSSR count). The number of anilines is 1. The average molecular weight is 391 g/mol. The predicted molar refractivity (Wildman–Crippen MR) is 94.5 cm³/mol. The van der Waals surface area contributed by atoms with E-state index in [0.29, 0.717) is 27.2 Å². The first kappa shape index (κ1) is 16.6. The van der Waals surface area contributed by atoms with Gasteiger partial charge in [-0.3, -0.25) is 4.79 Å². The van der Waals surface area contributed by atoms with Crippen LogP contribution in [0.2, 0.25) is 0 Å². The van der Waals surface area contributed by atoms with E-state index in [-0.39, 0.29) is 24.1 Å². The first-order valence-corrected chi connectivity index (χ1v) is 8.36. The minimum Gasteiger partial charge on any atom is -0.440 e. The fourth-order valence-corrected chi connectivity index (χ4v) is 2.74. The first-order chi connectivity index (χ1) is 11.4. The topological polar surface area (TPSA) is 55.1 Å². The number of halogens is 2. The van der Waals surface area contributed by atoms with Crippen LogP contribution in [0.1, 0.15) is 31.2 Å². The van der Waals surface area contributed by atoms with E-state index in [1.807, 2.05) is 13.8 Å². The van der Waals surface area contributed by atoms with Crippen molar-refractivity contribution in [1.29, 1.82) is 0 Å². The number of benzene rings is 2. The van der Waals surface area contributed by atoms with E-state index in [0.717, 1.165) is 5.56 Å². The molecule has 0 unspecified atom stereocenters. The molecule has 0 aliphatic rings. The Kier molecular flexibility index (Phi) is 4.66. The zero-order valence-corrected chi connectivity index (χ0v) is 14.9. The fraction of sp³-hybridized carbons (Fsp3) is 0.222. The van der Waals surface area contributed by atoms with Crippen molar-refractivity contribution in [3.8, 4) is 0 Å². The van der Waals surface area contributed by atoms with Gasteiger partial charge in [-0.25, -0.2) is 9.37 Å². The molecule has 0 bridgehead atoms. The smallest absolute Gasteiger partial charge is 0.228 e. The lowest BCUT2D eigenvalue weighted by atomic mass is 10.1. The van der Waals surface area contributed by atoms with E-state index in [2.05, 4.69) is 26.2 Å². The molecule has 124 valence electrons. The van der Waals surface area contributed by atoms with Gasteiger partial charge in [-0.15, -0.1) is 0 Å². The summed E-state index contributed by atoms with van der Waals surface area (Å²) in [7, 11) is 0. The van der Waals surface area contributed by atoms with Crippen molar-refractivity contribution in [3.05, 3.63) is 58.1 Å². The zero-order chi connectivity index (χ0) is 17.3. The maximum absolute atomic E-state index is 13.2. The summed E-state index contributed by atoms with van der Waals surface area (Å²) >= 11 is 3.12. The molecule has 6 heteroatoms. The molecule has 1 amide bonds. The van der Waals surface area contributed by atoms with Gasteiger partial charge < -0.3 is 9.73 Å². The molecule has 1 aromatic heterocycles. The van der Waals surface area contributed by atoms with Crippen LogP contribution in [0.25, 0.3) is 11.1 Å². The lowest BCUT2D eigenvalue weighted by Gasteiger charge is -2.06. The molecule has 0 saturated heterocycles. The van der Waals surface area contributed by atoms with E-state index >= 15 is 0 Å². The zero-order valence-electron chi connectivity index (χ0n) is 13.3. The first-order valence-electron chi connectivity index (χ1n) is 7.56. The van der Waals surface area contributed by atoms with Crippen molar-refractivity contribution in [1.82, 2.24) is 4.98 Å². The largest absolute Gasteiger partial charge is 0.440 e. The highest BCUT2D eigenvalue weighted by atomic mass is 79.9. The van der Waals surface area contributed by atoms with Gasteiger partial charge >= 0.3 is 0 Å². The molecule has 1 N–H and O–H groups in total. The summed E-state index contributed by atoms with van der Waals surface area (Å²) in [5, 5.41) is 2.83. The summed E-state index contributed by atoms with van der Waals surface area (Å²) in [5.41, 5.74) is 2.78. The third-order valence-corrected chi connectivity index (χ3v) is 4.14. The normalized spacial score (nSPS) is 11.2. The fourth-order valence-electron chi connectivity index (χ4n) is 2.31. The van der Waals surface area contributed by atoms with Crippen molar-refractivity contribution < 1.29 is 13.6 Å². The van der Waals surface area contributed by atoms with Gasteiger partial charge in [0.15, 0.2) is 11.5 Å². The van der Waals surface area contributed by atoms with Crippen LogP contribution in [0.3, 0.4) is 0 Å². The van der Waals surface area contributed by atoms with Gasteiger partial charge in [0.1, 0.15) is 11.3 Å². The minimum absolute atomic E-state index is 0.160. The van der Waals surface area contributed by atoms with Crippen LogP contribution in [0.4, 0.5) is 10.1 Å². The van der Waals surface area contributed by atoms with Crippen LogP contribution in [0.5, 0.6) is 0 Å². The molecular weight excluding hydrogens is 375 g/mol. The number of fused-ring (bicyclic) bond motifs is 1. The van der Waals surface area contributed by atoms with Crippen molar-refractivity contribution in [2.45, 2.75) is 26.2 Å². The maximum Gasteiger partial charge on any atom is 0.228 e. The molecule has 2 aromatic carbocycles.